The van der Waals surface area contributed by atoms with Gasteiger partial charge in [-0.1, -0.05) is 41.9 Å². The van der Waals surface area contributed by atoms with Gasteiger partial charge in [0, 0.05) is 23.5 Å². The quantitative estimate of drug-likeness (QED) is 0.600. The van der Waals surface area contributed by atoms with E-state index in [-0.39, 0.29) is 0 Å². The summed E-state index contributed by atoms with van der Waals surface area (Å²) in [4.78, 5) is 8.71. The molecule has 0 atom stereocenters. The molecule has 0 saturated heterocycles. The Bertz CT molecular complexity index is 760. The van der Waals surface area contributed by atoms with Crippen LogP contribution in [-0.4, -0.2) is 16.5 Å². The van der Waals surface area contributed by atoms with Crippen LogP contribution in [0.1, 0.15) is 12.0 Å². The van der Waals surface area contributed by atoms with E-state index in [9.17, 15) is 0 Å². The van der Waals surface area contributed by atoms with Crippen molar-refractivity contribution in [3.05, 3.63) is 77.4 Å². The second kappa shape index (κ2) is 8.31. The summed E-state index contributed by atoms with van der Waals surface area (Å²) in [6.45, 7) is 0.867. The van der Waals surface area contributed by atoms with Gasteiger partial charge < -0.3 is 10.6 Å². The maximum atomic E-state index is 5.89. The standard InChI is InChI=1S/C19H19ClN4/c20-16-8-10-17(11-9-16)23-19-22-14-12-18(24-19)21-13-4-7-15-5-2-1-3-6-15/h1-3,5-6,8-12,14H,4,7,13H2,(H2,21,22,23,24). The van der Waals surface area contributed by atoms with Crippen LogP contribution < -0.4 is 10.6 Å². The normalized spacial score (nSPS) is 10.4. The first-order valence-electron chi connectivity index (χ1n) is 7.93. The van der Waals surface area contributed by atoms with Gasteiger partial charge in [-0.15, -0.1) is 0 Å². The second-order valence-corrected chi connectivity index (χ2v) is 5.85. The Morgan fingerprint density at radius 3 is 2.50 bits per heavy atom. The molecule has 4 nitrogen and oxygen atoms in total. The minimum absolute atomic E-state index is 0.561. The second-order valence-electron chi connectivity index (χ2n) is 5.41. The molecule has 3 aromatic rings. The maximum Gasteiger partial charge on any atom is 0.229 e. The van der Waals surface area contributed by atoms with E-state index in [2.05, 4.69) is 44.9 Å². The predicted molar refractivity (Wildman–Crippen MR) is 100 cm³/mol. The number of nitrogens with zero attached hydrogens (tertiary/aromatic N) is 2. The zero-order valence-corrected chi connectivity index (χ0v) is 14.0. The van der Waals surface area contributed by atoms with Gasteiger partial charge in [-0.05, 0) is 48.7 Å². The zero-order chi connectivity index (χ0) is 16.6. The summed E-state index contributed by atoms with van der Waals surface area (Å²) in [6, 6.07) is 19.8. The van der Waals surface area contributed by atoms with E-state index in [4.69, 9.17) is 11.6 Å². The molecule has 0 unspecified atom stereocenters. The van der Waals surface area contributed by atoms with Crippen molar-refractivity contribution in [1.82, 2.24) is 9.97 Å². The van der Waals surface area contributed by atoms with Gasteiger partial charge in [-0.3, -0.25) is 0 Å². The van der Waals surface area contributed by atoms with Crippen LogP contribution in [-0.2, 0) is 6.42 Å². The number of aromatic nitrogens is 2. The van der Waals surface area contributed by atoms with Gasteiger partial charge in [0.2, 0.25) is 5.95 Å². The topological polar surface area (TPSA) is 49.8 Å². The van der Waals surface area contributed by atoms with E-state index in [1.165, 1.54) is 5.56 Å². The fourth-order valence-corrected chi connectivity index (χ4v) is 2.46. The largest absolute Gasteiger partial charge is 0.370 e. The summed E-state index contributed by atoms with van der Waals surface area (Å²) in [5.41, 5.74) is 2.26. The monoisotopic (exact) mass is 338 g/mol. The first-order chi connectivity index (χ1) is 11.8. The van der Waals surface area contributed by atoms with Crippen LogP contribution >= 0.6 is 11.6 Å². The lowest BCUT2D eigenvalue weighted by Crippen LogP contribution is -2.06. The van der Waals surface area contributed by atoms with Crippen LogP contribution in [0, 0.1) is 0 Å². The summed E-state index contributed by atoms with van der Waals surface area (Å²) in [7, 11) is 0. The van der Waals surface area contributed by atoms with Gasteiger partial charge in [-0.2, -0.15) is 4.98 Å². The molecule has 2 N–H and O–H groups in total. The van der Waals surface area contributed by atoms with Crippen LogP contribution in [0.25, 0.3) is 0 Å². The summed E-state index contributed by atoms with van der Waals surface area (Å²) in [5, 5.41) is 7.21. The van der Waals surface area contributed by atoms with Gasteiger partial charge in [0.25, 0.3) is 0 Å². The molecule has 0 bridgehead atoms. The highest BCUT2D eigenvalue weighted by Gasteiger charge is 2.00. The fourth-order valence-electron chi connectivity index (χ4n) is 2.33. The zero-order valence-electron chi connectivity index (χ0n) is 13.2. The van der Waals surface area contributed by atoms with E-state index in [1.807, 2.05) is 36.4 Å². The average Bonchev–Trinajstić information content (AvgIpc) is 2.62. The lowest BCUT2D eigenvalue weighted by atomic mass is 10.1. The minimum Gasteiger partial charge on any atom is -0.370 e. The number of anilines is 3. The van der Waals surface area contributed by atoms with Crippen LogP contribution in [0.15, 0.2) is 66.9 Å². The Morgan fingerprint density at radius 1 is 0.917 bits per heavy atom. The van der Waals surface area contributed by atoms with E-state index in [1.54, 1.807) is 6.20 Å². The number of hydrogen-bond donors (Lipinski definition) is 2. The Morgan fingerprint density at radius 2 is 1.71 bits per heavy atom. The molecule has 1 heterocycles. The highest BCUT2D eigenvalue weighted by Crippen LogP contribution is 2.17. The molecule has 122 valence electrons. The molecule has 0 saturated carbocycles. The van der Waals surface area contributed by atoms with Gasteiger partial charge in [0.05, 0.1) is 0 Å². The SMILES string of the molecule is Clc1ccc(Nc2nccc(NCCCc3ccccc3)n2)cc1. The van der Waals surface area contributed by atoms with Crippen molar-refractivity contribution in [3.63, 3.8) is 0 Å². The Hall–Kier alpha value is -2.59. The molecule has 0 aliphatic rings. The van der Waals surface area contributed by atoms with Crippen molar-refractivity contribution in [2.45, 2.75) is 12.8 Å². The molecule has 0 aliphatic heterocycles. The predicted octanol–water partition coefficient (Wildman–Crippen LogP) is 4.92. The third-order valence-electron chi connectivity index (χ3n) is 3.55. The van der Waals surface area contributed by atoms with Crippen LogP contribution in [0.2, 0.25) is 5.02 Å². The number of nitrogens with one attached hydrogen (secondary N) is 2. The van der Waals surface area contributed by atoms with Gasteiger partial charge in [0.1, 0.15) is 5.82 Å². The van der Waals surface area contributed by atoms with Crippen molar-refractivity contribution >= 4 is 29.1 Å². The molecule has 0 radical (unpaired) electrons. The third kappa shape index (κ3) is 4.96. The van der Waals surface area contributed by atoms with Gasteiger partial charge in [-0.25, -0.2) is 4.98 Å². The molecular weight excluding hydrogens is 320 g/mol. The van der Waals surface area contributed by atoms with Gasteiger partial charge in [0.15, 0.2) is 0 Å². The van der Waals surface area contributed by atoms with Crippen molar-refractivity contribution < 1.29 is 0 Å². The molecule has 24 heavy (non-hydrogen) atoms. The lowest BCUT2D eigenvalue weighted by Gasteiger charge is -2.08. The lowest BCUT2D eigenvalue weighted by molar-refractivity contribution is 0.858. The highest BCUT2D eigenvalue weighted by atomic mass is 35.5. The van der Waals surface area contributed by atoms with E-state index in [0.717, 1.165) is 30.9 Å². The molecule has 5 heteroatoms. The molecule has 0 amide bonds. The minimum atomic E-state index is 0.561. The van der Waals surface area contributed by atoms with Crippen LogP contribution in [0.3, 0.4) is 0 Å². The van der Waals surface area contributed by atoms with Crippen LogP contribution in [0.4, 0.5) is 17.5 Å². The fraction of sp³-hybridized carbons (Fsp3) is 0.158. The van der Waals surface area contributed by atoms with E-state index in [0.29, 0.717) is 11.0 Å². The molecule has 1 aromatic heterocycles. The number of aryl methyl sites for hydroxylation is 1. The van der Waals surface area contributed by atoms with Crippen LogP contribution in [0.5, 0.6) is 0 Å². The smallest absolute Gasteiger partial charge is 0.229 e. The Labute approximate surface area is 146 Å². The summed E-state index contributed by atoms with van der Waals surface area (Å²) in [6.07, 6.45) is 3.84. The molecule has 3 rings (SSSR count). The van der Waals surface area contributed by atoms with Crippen molar-refractivity contribution in [1.29, 1.82) is 0 Å². The summed E-state index contributed by atoms with van der Waals surface area (Å²) < 4.78 is 0. The van der Waals surface area contributed by atoms with Crippen molar-refractivity contribution in [2.24, 2.45) is 0 Å². The number of hydrogen-bond acceptors (Lipinski definition) is 4. The summed E-state index contributed by atoms with van der Waals surface area (Å²) in [5.74, 6) is 1.37. The average molecular weight is 339 g/mol. The first kappa shape index (κ1) is 16.3. The van der Waals surface area contributed by atoms with E-state index >= 15 is 0 Å². The van der Waals surface area contributed by atoms with Gasteiger partial charge >= 0.3 is 0 Å². The first-order valence-corrected chi connectivity index (χ1v) is 8.31. The molecule has 0 spiro atoms. The summed E-state index contributed by atoms with van der Waals surface area (Å²) >= 11 is 5.89. The number of benzene rings is 2. The Balaban J connectivity index is 1.50. The highest BCUT2D eigenvalue weighted by molar-refractivity contribution is 6.30. The molecule has 2 aromatic carbocycles. The molecule has 0 aliphatic carbocycles. The molecular formula is C19H19ClN4. The Kier molecular flexibility index (Phi) is 5.64. The molecule has 0 fully saturated rings. The third-order valence-corrected chi connectivity index (χ3v) is 3.80. The van der Waals surface area contributed by atoms with Crippen molar-refractivity contribution in [3.8, 4) is 0 Å². The van der Waals surface area contributed by atoms with E-state index < -0.39 is 0 Å². The number of rotatable bonds is 7. The maximum absolute atomic E-state index is 5.89. The van der Waals surface area contributed by atoms with Crippen molar-refractivity contribution in [2.75, 3.05) is 17.2 Å². The number of halogens is 1.